The second-order valence-corrected chi connectivity index (χ2v) is 6.27. The highest BCUT2D eigenvalue weighted by molar-refractivity contribution is 6.62. The maximum absolute atomic E-state index is 11.0. The quantitative estimate of drug-likeness (QED) is 0.614. The number of carbonyl (C=O) groups excluding carboxylic acids is 1. The Balaban J connectivity index is 2.36. The monoisotopic (exact) mass is 276 g/mol. The summed E-state index contributed by atoms with van der Waals surface area (Å²) in [5.74, 6) is 0. The molecule has 0 spiro atoms. The first-order chi connectivity index (χ1) is 9.18. The summed E-state index contributed by atoms with van der Waals surface area (Å²) in [4.78, 5) is 17.1. The van der Waals surface area contributed by atoms with Gasteiger partial charge in [-0.15, -0.1) is 0 Å². The predicted octanol–water partition coefficient (Wildman–Crippen LogP) is 1.26. The van der Waals surface area contributed by atoms with Crippen LogP contribution in [0.3, 0.4) is 0 Å². The molecule has 0 saturated carbocycles. The number of aromatic nitrogens is 1. The maximum atomic E-state index is 11.0. The molecule has 0 bridgehead atoms. The minimum Gasteiger partial charge on any atom is -0.399 e. The van der Waals surface area contributed by atoms with E-state index >= 15 is 0 Å². The van der Waals surface area contributed by atoms with Gasteiger partial charge in [-0.2, -0.15) is 0 Å². The number of anilines is 1. The minimum absolute atomic E-state index is 0.390. The van der Waals surface area contributed by atoms with E-state index in [0.29, 0.717) is 5.69 Å². The van der Waals surface area contributed by atoms with Crippen molar-refractivity contribution >= 4 is 24.6 Å². The highest BCUT2D eigenvalue weighted by Gasteiger charge is 2.51. The second kappa shape index (κ2) is 4.86. The van der Waals surface area contributed by atoms with Crippen molar-refractivity contribution in [2.75, 3.05) is 19.0 Å². The van der Waals surface area contributed by atoms with Crippen LogP contribution in [0.1, 0.15) is 38.2 Å². The smallest absolute Gasteiger partial charge is 0.399 e. The molecular weight excluding hydrogens is 255 g/mol. The van der Waals surface area contributed by atoms with Crippen LogP contribution in [-0.4, -0.2) is 43.7 Å². The van der Waals surface area contributed by atoms with Crippen molar-refractivity contribution in [1.29, 1.82) is 0 Å². The van der Waals surface area contributed by atoms with Gasteiger partial charge < -0.3 is 14.2 Å². The highest BCUT2D eigenvalue weighted by Crippen LogP contribution is 2.36. The first-order valence-corrected chi connectivity index (χ1v) is 6.66. The van der Waals surface area contributed by atoms with Gasteiger partial charge >= 0.3 is 7.12 Å². The molecule has 1 aliphatic rings. The van der Waals surface area contributed by atoms with Gasteiger partial charge in [0.25, 0.3) is 0 Å². The third-order valence-electron chi connectivity index (χ3n) is 4.04. The lowest BCUT2D eigenvalue weighted by Gasteiger charge is -2.32. The molecule has 1 aliphatic heterocycles. The van der Waals surface area contributed by atoms with Crippen molar-refractivity contribution in [3.05, 3.63) is 18.0 Å². The molecule has 0 aromatic carbocycles. The fourth-order valence-electron chi connectivity index (χ4n) is 2.04. The van der Waals surface area contributed by atoms with E-state index in [1.165, 1.54) is 0 Å². The van der Waals surface area contributed by atoms with Crippen LogP contribution in [0.2, 0.25) is 0 Å². The molecule has 1 aromatic heterocycles. The standard InChI is InChI=1S/C14H21BN2O3/c1-13(2)14(3,4)20-15(19-13)10-7-12(17(5)6)11(9-18)16-8-10/h7-9H,1-6H3. The van der Waals surface area contributed by atoms with Gasteiger partial charge in [0.05, 0.1) is 16.9 Å². The molecule has 2 heterocycles. The van der Waals surface area contributed by atoms with E-state index in [4.69, 9.17) is 9.31 Å². The first kappa shape index (κ1) is 15.0. The van der Waals surface area contributed by atoms with Crippen molar-refractivity contribution in [3.63, 3.8) is 0 Å². The van der Waals surface area contributed by atoms with Crippen molar-refractivity contribution < 1.29 is 14.1 Å². The zero-order valence-corrected chi connectivity index (χ0v) is 12.9. The second-order valence-electron chi connectivity index (χ2n) is 6.27. The Morgan fingerprint density at radius 3 is 2.20 bits per heavy atom. The van der Waals surface area contributed by atoms with E-state index in [-0.39, 0.29) is 11.2 Å². The van der Waals surface area contributed by atoms with Crippen LogP contribution in [0.25, 0.3) is 0 Å². The predicted molar refractivity (Wildman–Crippen MR) is 79.7 cm³/mol. The number of hydrogen-bond donors (Lipinski definition) is 0. The average molecular weight is 276 g/mol. The third kappa shape index (κ3) is 2.45. The largest absolute Gasteiger partial charge is 0.496 e. The summed E-state index contributed by atoms with van der Waals surface area (Å²) < 4.78 is 12.0. The summed E-state index contributed by atoms with van der Waals surface area (Å²) in [6, 6.07) is 1.89. The van der Waals surface area contributed by atoms with E-state index in [1.54, 1.807) is 6.20 Å². The van der Waals surface area contributed by atoms with Crippen molar-refractivity contribution in [2.24, 2.45) is 0 Å². The van der Waals surface area contributed by atoms with E-state index in [0.717, 1.165) is 17.4 Å². The van der Waals surface area contributed by atoms with Crippen LogP contribution >= 0.6 is 0 Å². The Morgan fingerprint density at radius 2 is 1.75 bits per heavy atom. The molecule has 0 radical (unpaired) electrons. The van der Waals surface area contributed by atoms with Crippen LogP contribution in [0.5, 0.6) is 0 Å². The lowest BCUT2D eigenvalue weighted by atomic mass is 9.80. The molecule has 1 aromatic rings. The van der Waals surface area contributed by atoms with Gasteiger partial charge in [0.15, 0.2) is 6.29 Å². The summed E-state index contributed by atoms with van der Waals surface area (Å²) in [7, 11) is 3.28. The van der Waals surface area contributed by atoms with Gasteiger partial charge in [-0.1, -0.05) is 0 Å². The molecule has 2 rings (SSSR count). The fraction of sp³-hybridized carbons (Fsp3) is 0.571. The number of nitrogens with zero attached hydrogens (tertiary/aromatic N) is 2. The molecule has 0 amide bonds. The van der Waals surface area contributed by atoms with Crippen LogP contribution in [-0.2, 0) is 9.31 Å². The lowest BCUT2D eigenvalue weighted by Crippen LogP contribution is -2.41. The van der Waals surface area contributed by atoms with Crippen LogP contribution in [0.4, 0.5) is 5.69 Å². The Labute approximate surface area is 120 Å². The number of rotatable bonds is 3. The molecule has 1 saturated heterocycles. The number of aldehydes is 1. The van der Waals surface area contributed by atoms with Gasteiger partial charge in [0.2, 0.25) is 0 Å². The number of hydrogen-bond acceptors (Lipinski definition) is 5. The molecule has 5 nitrogen and oxygen atoms in total. The van der Waals surface area contributed by atoms with Gasteiger partial charge in [-0.05, 0) is 33.8 Å². The van der Waals surface area contributed by atoms with Crippen molar-refractivity contribution in [1.82, 2.24) is 4.98 Å². The lowest BCUT2D eigenvalue weighted by molar-refractivity contribution is 0.00578. The van der Waals surface area contributed by atoms with E-state index in [2.05, 4.69) is 4.98 Å². The molecule has 0 aliphatic carbocycles. The van der Waals surface area contributed by atoms with Gasteiger partial charge in [0, 0.05) is 25.8 Å². The Bertz CT molecular complexity index is 513. The zero-order valence-electron chi connectivity index (χ0n) is 12.9. The Kier molecular flexibility index (Phi) is 3.65. The fourth-order valence-corrected chi connectivity index (χ4v) is 2.04. The van der Waals surface area contributed by atoms with Crippen molar-refractivity contribution in [2.45, 2.75) is 38.9 Å². The van der Waals surface area contributed by atoms with E-state index in [9.17, 15) is 4.79 Å². The number of carbonyl (C=O) groups is 1. The first-order valence-electron chi connectivity index (χ1n) is 6.66. The summed E-state index contributed by atoms with van der Waals surface area (Å²) in [6.45, 7) is 8.03. The molecule has 0 unspecified atom stereocenters. The van der Waals surface area contributed by atoms with Gasteiger partial charge in [-0.3, -0.25) is 9.78 Å². The van der Waals surface area contributed by atoms with E-state index in [1.807, 2.05) is 52.8 Å². The van der Waals surface area contributed by atoms with Gasteiger partial charge in [-0.25, -0.2) is 0 Å². The molecule has 6 heteroatoms. The molecule has 1 fully saturated rings. The average Bonchev–Trinajstić information content (AvgIpc) is 2.57. The van der Waals surface area contributed by atoms with Crippen LogP contribution < -0.4 is 10.4 Å². The molecule has 0 atom stereocenters. The SMILES string of the molecule is CN(C)c1cc(B2OC(C)(C)C(C)(C)O2)cnc1C=O. The summed E-state index contributed by atoms with van der Waals surface area (Å²) in [5, 5.41) is 0. The third-order valence-corrected chi connectivity index (χ3v) is 4.04. The Morgan fingerprint density at radius 1 is 1.20 bits per heavy atom. The normalized spacial score (nSPS) is 20.0. The molecule has 108 valence electrons. The van der Waals surface area contributed by atoms with Crippen LogP contribution in [0, 0.1) is 0 Å². The van der Waals surface area contributed by atoms with Crippen molar-refractivity contribution in [3.8, 4) is 0 Å². The van der Waals surface area contributed by atoms with Crippen LogP contribution in [0.15, 0.2) is 12.3 Å². The minimum atomic E-state index is -0.466. The topological polar surface area (TPSA) is 51.7 Å². The number of pyridine rings is 1. The maximum Gasteiger partial charge on any atom is 0.496 e. The molecular formula is C14H21BN2O3. The highest BCUT2D eigenvalue weighted by atomic mass is 16.7. The van der Waals surface area contributed by atoms with Gasteiger partial charge in [0.1, 0.15) is 5.69 Å². The summed E-state index contributed by atoms with van der Waals surface area (Å²) in [5.41, 5.74) is 1.21. The van der Waals surface area contributed by atoms with E-state index < -0.39 is 7.12 Å². The molecule has 20 heavy (non-hydrogen) atoms. The molecule has 0 N–H and O–H groups in total. The Hall–Kier alpha value is -1.40. The zero-order chi connectivity index (χ0) is 15.1. The summed E-state index contributed by atoms with van der Waals surface area (Å²) >= 11 is 0. The summed E-state index contributed by atoms with van der Waals surface area (Å²) in [6.07, 6.45) is 2.39.